The van der Waals surface area contributed by atoms with E-state index in [2.05, 4.69) is 262 Å². The van der Waals surface area contributed by atoms with Gasteiger partial charge in [-0.2, -0.15) is 25.4 Å². The number of aromatic nitrogens is 11. The van der Waals surface area contributed by atoms with Crippen LogP contribution in [0.1, 0.15) is 158 Å². The number of phenols is 1. The Kier molecular flexibility index (Phi) is 44.3. The van der Waals surface area contributed by atoms with Crippen LogP contribution >= 0.6 is 139 Å². The Morgan fingerprint density at radius 3 is 1.28 bits per heavy atom. The van der Waals surface area contributed by atoms with E-state index in [0.717, 1.165) is 199 Å². The van der Waals surface area contributed by atoms with Crippen LogP contribution in [0.15, 0.2) is 237 Å². The molecule has 9 N–H and O–H groups in total. The Morgan fingerprint density at radius 1 is 0.436 bits per heavy atom. The first-order valence-electron chi connectivity index (χ1n) is 42.9. The number of nitrogens with zero attached hydrogens (tertiary/aromatic N) is 11. The molecule has 0 atom stereocenters. The lowest BCUT2D eigenvalue weighted by molar-refractivity contribution is -0.386. The topological polar surface area (TPSA) is 421 Å². The van der Waals surface area contributed by atoms with Crippen LogP contribution in [0.3, 0.4) is 0 Å². The van der Waals surface area contributed by atoms with Gasteiger partial charge in [0.05, 0.1) is 69.2 Å². The van der Waals surface area contributed by atoms with E-state index in [1.807, 2.05) is 127 Å². The van der Waals surface area contributed by atoms with Crippen LogP contribution in [0, 0.1) is 20.2 Å². The monoisotopic (exact) mass is 2340 g/mol. The highest BCUT2D eigenvalue weighted by molar-refractivity contribution is 9.12. The normalized spacial score (nSPS) is 10.8. The SMILES string of the molecule is CCCC(CCC)Oc1c(Br)cc(Br)cc1Nc1nc2ccccc2o1.CCCC(CCC)Oc1c(Br)cc(Br)cc1[N+](=O)[O-].CCCC(CCC)Oc1c(N)cc(Br)cc1Br.CCCC(CCC)Oc1ccc(-c2ccccc2-c2nn[nH]n2)cc1Nc1nc2ccccc2o1.Clc1nc2ccccc2o1.O=[N+]([O-])c1cc(Br)cc(Br)c1O.OB(O)c1ccccc1-c1nn[nH]n1. The number of nitrogens with one attached hydrogen (secondary N) is 4. The number of fused-ring (bicyclic) bond motifs is 3. The fourth-order valence-corrected chi connectivity index (χ4v) is 18.8. The molecule has 0 aliphatic heterocycles. The zero-order chi connectivity index (χ0) is 96.0. The quantitative estimate of drug-likeness (QED) is 0.00803. The van der Waals surface area contributed by atoms with Gasteiger partial charge in [0.25, 0.3) is 17.4 Å². The summed E-state index contributed by atoms with van der Waals surface area (Å²) in [6, 6.07) is 58.4. The number of H-pyrrole nitrogens is 2. The molecule has 0 bridgehead atoms. The lowest BCUT2D eigenvalue weighted by Crippen LogP contribution is -2.31. The highest BCUT2D eigenvalue weighted by atomic mass is 79.9. The summed E-state index contributed by atoms with van der Waals surface area (Å²) in [5, 5.41) is 83.4. The van der Waals surface area contributed by atoms with Gasteiger partial charge in [-0.25, -0.2) is 0 Å². The third-order valence-electron chi connectivity index (χ3n) is 19.4. The van der Waals surface area contributed by atoms with Crippen LogP contribution in [-0.4, -0.2) is 113 Å². The number of aromatic hydroxyl groups is 1. The number of para-hydroxylation sites is 6. The van der Waals surface area contributed by atoms with Gasteiger partial charge in [0, 0.05) is 41.2 Å². The van der Waals surface area contributed by atoms with Crippen molar-refractivity contribution in [2.45, 2.75) is 183 Å². The van der Waals surface area contributed by atoms with E-state index in [4.69, 9.17) is 59.6 Å². The Balaban J connectivity index is 0.000000182. The maximum absolute atomic E-state index is 11.1. The van der Waals surface area contributed by atoms with Crippen molar-refractivity contribution >= 4 is 225 Å². The molecule has 133 heavy (non-hydrogen) atoms. The van der Waals surface area contributed by atoms with Crippen molar-refractivity contribution in [1.82, 2.24) is 56.2 Å². The number of nitrogen functional groups attached to an aromatic ring is 1. The van der Waals surface area contributed by atoms with E-state index in [9.17, 15) is 25.3 Å². The minimum atomic E-state index is -1.54. The van der Waals surface area contributed by atoms with Crippen molar-refractivity contribution in [2.75, 3.05) is 16.4 Å². The molecule has 0 spiro atoms. The minimum Gasteiger partial charge on any atom is -0.501 e. The number of halogens is 9. The Labute approximate surface area is 842 Å². The molecule has 5 aromatic heterocycles. The second-order valence-corrected chi connectivity index (χ2v) is 37.1. The molecular formula is C93H100BBr8ClN16O14. The van der Waals surface area contributed by atoms with Gasteiger partial charge < -0.3 is 63.7 Å². The second kappa shape index (κ2) is 55.2. The van der Waals surface area contributed by atoms with Gasteiger partial charge in [-0.3, -0.25) is 20.2 Å². The summed E-state index contributed by atoms with van der Waals surface area (Å²) in [6.07, 6.45) is 17.1. The van der Waals surface area contributed by atoms with Crippen LogP contribution in [0.2, 0.25) is 5.35 Å². The number of benzene rings is 10. The molecule has 0 aliphatic rings. The highest BCUT2D eigenvalue weighted by Gasteiger charge is 2.26. The molecule has 15 aromatic rings. The van der Waals surface area contributed by atoms with Crippen molar-refractivity contribution in [3.63, 3.8) is 0 Å². The van der Waals surface area contributed by atoms with Crippen LogP contribution in [0.5, 0.6) is 28.7 Å². The zero-order valence-corrected chi connectivity index (χ0v) is 87.3. The Morgan fingerprint density at radius 2 is 0.820 bits per heavy atom. The molecule has 15 rings (SSSR count). The molecule has 0 aliphatic carbocycles. The van der Waals surface area contributed by atoms with Crippen molar-refractivity contribution in [3.8, 4) is 62.7 Å². The summed E-state index contributed by atoms with van der Waals surface area (Å²) in [5.41, 5.74) is 16.3. The van der Waals surface area contributed by atoms with Gasteiger partial charge in [0.15, 0.2) is 28.2 Å². The van der Waals surface area contributed by atoms with E-state index >= 15 is 0 Å². The number of tetrazole rings is 2. The average Bonchev–Trinajstić information content (AvgIpc) is 1.38. The maximum atomic E-state index is 11.1. The summed E-state index contributed by atoms with van der Waals surface area (Å²) in [7, 11) is -1.54. The lowest BCUT2D eigenvalue weighted by Gasteiger charge is -2.21. The fourth-order valence-electron chi connectivity index (χ4n) is 13.5. The number of nitro benzene ring substituents is 2. The van der Waals surface area contributed by atoms with Crippen LogP contribution < -0.4 is 40.8 Å². The molecule has 0 radical (unpaired) electrons. The van der Waals surface area contributed by atoms with Gasteiger partial charge in [0.2, 0.25) is 23.1 Å². The molecule has 5 heterocycles. The van der Waals surface area contributed by atoms with Crippen LogP contribution in [0.25, 0.3) is 67.2 Å². The number of phenolic OH excluding ortho intramolecular Hbond substituents is 1. The van der Waals surface area contributed by atoms with E-state index in [0.29, 0.717) is 64.0 Å². The number of oxazole rings is 3. The van der Waals surface area contributed by atoms with Crippen molar-refractivity contribution in [3.05, 3.63) is 249 Å². The van der Waals surface area contributed by atoms with E-state index < -0.39 is 17.0 Å². The van der Waals surface area contributed by atoms with E-state index in [1.54, 1.807) is 30.3 Å². The van der Waals surface area contributed by atoms with Crippen molar-refractivity contribution < 1.29 is 57.2 Å². The summed E-state index contributed by atoms with van der Waals surface area (Å²) in [4.78, 5) is 33.4. The van der Waals surface area contributed by atoms with Gasteiger partial charge >= 0.3 is 18.5 Å². The van der Waals surface area contributed by atoms with Gasteiger partial charge in [-0.05, 0) is 239 Å². The minimum absolute atomic E-state index is 0.0153. The molecule has 702 valence electrons. The van der Waals surface area contributed by atoms with Crippen LogP contribution in [0.4, 0.5) is 40.5 Å². The molecule has 0 saturated carbocycles. The third kappa shape index (κ3) is 32.7. The lowest BCUT2D eigenvalue weighted by atomic mass is 9.77. The van der Waals surface area contributed by atoms with Gasteiger partial charge in [-0.15, -0.1) is 20.4 Å². The molecule has 0 amide bonds. The smallest absolute Gasteiger partial charge is 0.489 e. The van der Waals surface area contributed by atoms with Crippen molar-refractivity contribution in [2.24, 2.45) is 0 Å². The number of rotatable bonds is 34. The molecule has 0 fully saturated rings. The first-order valence-corrected chi connectivity index (χ1v) is 49.6. The predicted molar refractivity (Wildman–Crippen MR) is 552 cm³/mol. The number of anilines is 5. The average molecular weight is 2350 g/mol. The number of ether oxygens (including phenoxy) is 4. The largest absolute Gasteiger partial charge is 0.501 e. The second-order valence-electron chi connectivity index (χ2n) is 29.7. The first kappa shape index (κ1) is 107. The summed E-state index contributed by atoms with van der Waals surface area (Å²) < 4.78 is 47.3. The van der Waals surface area contributed by atoms with E-state index in [-0.39, 0.29) is 46.9 Å². The Bertz CT molecular complexity index is 6040. The first-order chi connectivity index (χ1) is 64.1. The summed E-state index contributed by atoms with van der Waals surface area (Å²) in [6.45, 7) is 17.2. The molecule has 0 saturated heterocycles. The van der Waals surface area contributed by atoms with Gasteiger partial charge in [-0.1, -0.05) is 261 Å². The standard InChI is InChI=1S/C27H28N6O2.C20H22Br2N2O2.C13H17Br2NO3.C13H19Br2NO.C7H7BN4O2.C7H4ClNO.C6H3Br2NO3/c1-3-9-19(10-4-2)34-25-16-15-18(20-11-5-6-12-21(20)26-30-32-33-31-26)17-23(25)29-27-28-22-13-7-8-14-24(22)35-27;1-3-7-14(8-4-2)25-19-15(22)11-13(21)12-17(19)24-20-23-16-9-5-6-10-18(16)26-20;1-3-5-10(6-4-2)19-13-11(15)7-9(14)8-12(13)16(17)18;1-3-5-10(6-4-2)17-13-11(15)7-9(14)8-12(13)16;13-8(14)6-4-2-1-3-5(6)7-9-11-12-10-7;8-7-9-5-3-1-2-4-6(5)10-7;7-3-1-4(8)6(10)5(2-3)9(11)12/h5-8,11-17,19H,3-4,9-10H2,1-2H3,(H,28,29)(H,30,31,32,33);5-6,9-12,14H,3-4,7-8H2,1-2H3,(H,23,24);7-8,10H,3-6H2,1-2H3;7-8,10H,3-6,16H2,1-2H3;1-4,13-14H,(H,9,10,11,12);1-4H;1-2,10H. The summed E-state index contributed by atoms with van der Waals surface area (Å²) in [5.74, 6) is 3.15. The number of hydrogen-bond donors (Lipinski definition) is 8. The highest BCUT2D eigenvalue weighted by Crippen LogP contribution is 2.44. The number of aromatic amines is 2. The molecule has 0 unspecified atom stereocenters. The molecular weight excluding hydrogens is 2250 g/mol. The molecule has 30 nitrogen and oxygen atoms in total. The summed E-state index contributed by atoms with van der Waals surface area (Å²) >= 11 is 32.2. The number of hydrogen-bond acceptors (Lipinski definition) is 26. The maximum Gasteiger partial charge on any atom is 0.489 e. The Hall–Kier alpha value is -9.94. The molecule has 10 aromatic carbocycles. The zero-order valence-electron chi connectivity index (χ0n) is 73.8. The van der Waals surface area contributed by atoms with Crippen LogP contribution in [-0.2, 0) is 0 Å². The third-order valence-corrected chi connectivity index (χ3v) is 23.8. The number of nitrogens with two attached hydrogens (primary N) is 1. The van der Waals surface area contributed by atoms with Gasteiger partial charge in [0.1, 0.15) is 22.3 Å². The predicted octanol–water partition coefficient (Wildman–Crippen LogP) is 28.7. The van der Waals surface area contributed by atoms with Crippen molar-refractivity contribution in [1.29, 1.82) is 0 Å². The van der Waals surface area contributed by atoms with E-state index in [1.165, 1.54) is 18.2 Å². The number of nitro groups is 2. The fraction of sp³-hybridized carbons (Fsp3) is 0.301. The molecule has 40 heteroatoms.